The van der Waals surface area contributed by atoms with Crippen molar-refractivity contribution in [3.05, 3.63) is 0 Å². The molecule has 1 N–H and O–H groups in total. The largest absolute Gasteiger partial charge is 0.316 e. The summed E-state index contributed by atoms with van der Waals surface area (Å²) in [5.74, 6) is 2.28. The summed E-state index contributed by atoms with van der Waals surface area (Å²) in [5.41, 5.74) is 0.934. The molecule has 1 aliphatic heterocycles. The average Bonchev–Trinajstić information content (AvgIpc) is 2.77. The first-order chi connectivity index (χ1) is 4.43. The van der Waals surface area contributed by atoms with Gasteiger partial charge in [-0.25, -0.2) is 0 Å². The van der Waals surface area contributed by atoms with Gasteiger partial charge < -0.3 is 5.32 Å². The van der Waals surface area contributed by atoms with E-state index >= 15 is 0 Å². The molecule has 0 amide bonds. The van der Waals surface area contributed by atoms with Crippen LogP contribution in [0.2, 0.25) is 0 Å². The maximum absolute atomic E-state index is 3.47. The zero-order valence-corrected chi connectivity index (χ0v) is 5.69. The van der Waals surface area contributed by atoms with Crippen molar-refractivity contribution in [2.75, 3.05) is 13.1 Å². The van der Waals surface area contributed by atoms with E-state index in [0.717, 1.165) is 11.3 Å². The van der Waals surface area contributed by atoms with Crippen molar-refractivity contribution in [2.24, 2.45) is 17.3 Å². The van der Waals surface area contributed by atoms with E-state index in [2.05, 4.69) is 5.32 Å². The van der Waals surface area contributed by atoms with Crippen LogP contribution in [0.1, 0.15) is 19.3 Å². The summed E-state index contributed by atoms with van der Waals surface area (Å²) in [6.07, 6.45) is 4.60. The molecule has 1 saturated heterocycles. The first-order valence-corrected chi connectivity index (χ1v) is 4.14. The first kappa shape index (κ1) is 4.73. The van der Waals surface area contributed by atoms with E-state index in [0.29, 0.717) is 0 Å². The molecule has 1 heterocycles. The molecule has 0 aromatic carbocycles. The topological polar surface area (TPSA) is 12.0 Å². The highest BCUT2D eigenvalue weighted by Crippen LogP contribution is 2.76. The van der Waals surface area contributed by atoms with Crippen LogP contribution < -0.4 is 5.32 Å². The molecule has 3 aliphatic rings. The summed E-state index contributed by atoms with van der Waals surface area (Å²) in [6, 6.07) is 0. The van der Waals surface area contributed by atoms with Gasteiger partial charge in [-0.05, 0) is 49.6 Å². The molecule has 0 aromatic heterocycles. The van der Waals surface area contributed by atoms with Gasteiger partial charge in [0.25, 0.3) is 0 Å². The average molecular weight is 123 g/mol. The Labute approximate surface area is 55.8 Å². The van der Waals surface area contributed by atoms with Crippen molar-refractivity contribution in [1.82, 2.24) is 5.32 Å². The predicted molar refractivity (Wildman–Crippen MR) is 36.1 cm³/mol. The third-order valence-electron chi connectivity index (χ3n) is 3.68. The van der Waals surface area contributed by atoms with Crippen LogP contribution in [-0.4, -0.2) is 13.1 Å². The van der Waals surface area contributed by atoms with Crippen LogP contribution in [0.15, 0.2) is 0 Å². The second-order valence-corrected chi connectivity index (χ2v) is 3.94. The standard InChI is InChI=1S/C8H13N/c1-4-9-5-7-6(1)8(7)2-3-8/h6-7,9H,1-5H2. The second kappa shape index (κ2) is 1.20. The van der Waals surface area contributed by atoms with Gasteiger partial charge in [-0.3, -0.25) is 0 Å². The summed E-state index contributed by atoms with van der Waals surface area (Å²) >= 11 is 0. The molecule has 1 heteroatoms. The van der Waals surface area contributed by atoms with Gasteiger partial charge in [0.2, 0.25) is 0 Å². The van der Waals surface area contributed by atoms with E-state index in [9.17, 15) is 0 Å². The van der Waals surface area contributed by atoms with E-state index in [4.69, 9.17) is 0 Å². The SMILES string of the molecule is C1CC2C(CN1)C21CC1. The highest BCUT2D eigenvalue weighted by Gasteiger charge is 2.70. The molecular formula is C8H13N. The minimum Gasteiger partial charge on any atom is -0.316 e. The van der Waals surface area contributed by atoms with Crippen LogP contribution in [-0.2, 0) is 0 Å². The van der Waals surface area contributed by atoms with Gasteiger partial charge in [-0.1, -0.05) is 0 Å². The molecule has 2 saturated carbocycles. The molecule has 9 heavy (non-hydrogen) atoms. The Bertz CT molecular complexity index is 135. The lowest BCUT2D eigenvalue weighted by Crippen LogP contribution is -2.23. The molecule has 0 bridgehead atoms. The van der Waals surface area contributed by atoms with Gasteiger partial charge in [-0.2, -0.15) is 0 Å². The molecule has 1 spiro atoms. The van der Waals surface area contributed by atoms with Crippen LogP contribution in [0.25, 0.3) is 0 Å². The minimum absolute atomic E-state index is 0.934. The monoisotopic (exact) mass is 123 g/mol. The Morgan fingerprint density at radius 3 is 2.67 bits per heavy atom. The van der Waals surface area contributed by atoms with E-state index in [-0.39, 0.29) is 0 Å². The number of nitrogens with one attached hydrogen (secondary N) is 1. The van der Waals surface area contributed by atoms with Crippen molar-refractivity contribution in [1.29, 1.82) is 0 Å². The van der Waals surface area contributed by atoms with E-state index in [1.54, 1.807) is 12.8 Å². The van der Waals surface area contributed by atoms with Crippen molar-refractivity contribution in [2.45, 2.75) is 19.3 Å². The maximum Gasteiger partial charge on any atom is -0.00122 e. The summed E-state index contributed by atoms with van der Waals surface area (Å²) in [6.45, 7) is 2.63. The fourth-order valence-corrected chi connectivity index (χ4v) is 2.91. The van der Waals surface area contributed by atoms with Crippen molar-refractivity contribution in [3.8, 4) is 0 Å². The highest BCUT2D eigenvalue weighted by atomic mass is 15.0. The van der Waals surface area contributed by atoms with Gasteiger partial charge in [0.1, 0.15) is 0 Å². The lowest BCUT2D eigenvalue weighted by atomic mass is 10.2. The Balaban J connectivity index is 1.85. The summed E-state index contributed by atoms with van der Waals surface area (Å²) in [7, 11) is 0. The Hall–Kier alpha value is -0.0400. The summed E-state index contributed by atoms with van der Waals surface area (Å²) in [4.78, 5) is 0. The number of hydrogen-bond acceptors (Lipinski definition) is 1. The minimum atomic E-state index is 0.934. The molecule has 3 rings (SSSR count). The van der Waals surface area contributed by atoms with Crippen molar-refractivity contribution < 1.29 is 0 Å². The molecule has 2 aliphatic carbocycles. The maximum atomic E-state index is 3.47. The molecule has 50 valence electrons. The number of rotatable bonds is 0. The van der Waals surface area contributed by atoms with Crippen molar-refractivity contribution >= 4 is 0 Å². The third kappa shape index (κ3) is 0.420. The molecule has 0 aromatic rings. The van der Waals surface area contributed by atoms with Gasteiger partial charge in [0, 0.05) is 0 Å². The van der Waals surface area contributed by atoms with E-state index in [1.807, 2.05) is 0 Å². The fraction of sp³-hybridized carbons (Fsp3) is 1.00. The Morgan fingerprint density at radius 2 is 2.11 bits per heavy atom. The van der Waals surface area contributed by atoms with Crippen molar-refractivity contribution in [3.63, 3.8) is 0 Å². The van der Waals surface area contributed by atoms with Crippen LogP contribution in [0.5, 0.6) is 0 Å². The smallest absolute Gasteiger partial charge is 0.00122 e. The predicted octanol–water partition coefficient (Wildman–Crippen LogP) is 1.01. The molecule has 1 nitrogen and oxygen atoms in total. The molecule has 3 fully saturated rings. The Kier molecular flexibility index (Phi) is 0.628. The molecule has 0 radical (unpaired) electrons. The fourth-order valence-electron chi connectivity index (χ4n) is 2.91. The zero-order chi connectivity index (χ0) is 5.90. The molecule has 2 atom stereocenters. The molecular weight excluding hydrogens is 110 g/mol. The van der Waals surface area contributed by atoms with Gasteiger partial charge in [0.05, 0.1) is 0 Å². The molecule has 2 unspecified atom stereocenters. The van der Waals surface area contributed by atoms with Gasteiger partial charge in [-0.15, -0.1) is 0 Å². The van der Waals surface area contributed by atoms with Gasteiger partial charge in [0.15, 0.2) is 0 Å². The summed E-state index contributed by atoms with van der Waals surface area (Å²) < 4.78 is 0. The van der Waals surface area contributed by atoms with Gasteiger partial charge >= 0.3 is 0 Å². The van der Waals surface area contributed by atoms with E-state index in [1.165, 1.54) is 25.4 Å². The number of piperidine rings is 1. The van der Waals surface area contributed by atoms with Crippen LogP contribution in [0.3, 0.4) is 0 Å². The quantitative estimate of drug-likeness (QED) is 0.507. The number of hydrogen-bond donors (Lipinski definition) is 1. The highest BCUT2D eigenvalue weighted by molar-refractivity contribution is 5.20. The third-order valence-corrected chi connectivity index (χ3v) is 3.68. The van der Waals surface area contributed by atoms with Crippen LogP contribution in [0, 0.1) is 17.3 Å². The van der Waals surface area contributed by atoms with E-state index < -0.39 is 0 Å². The normalized spacial score (nSPS) is 50.7. The lowest BCUT2D eigenvalue weighted by molar-refractivity contribution is 0.497. The summed E-state index contributed by atoms with van der Waals surface area (Å²) in [5, 5.41) is 3.47. The second-order valence-electron chi connectivity index (χ2n) is 3.94. The first-order valence-electron chi connectivity index (χ1n) is 4.14. The number of fused-ring (bicyclic) bond motifs is 3. The van der Waals surface area contributed by atoms with Crippen LogP contribution >= 0.6 is 0 Å². The lowest BCUT2D eigenvalue weighted by Gasteiger charge is -2.07. The van der Waals surface area contributed by atoms with Crippen LogP contribution in [0.4, 0.5) is 0 Å². The Morgan fingerprint density at radius 1 is 1.22 bits per heavy atom. The zero-order valence-electron chi connectivity index (χ0n) is 5.69.